The van der Waals surface area contributed by atoms with E-state index >= 15 is 9.59 Å². The molecule has 7 heterocycles. The van der Waals surface area contributed by atoms with Crippen molar-refractivity contribution in [3.8, 4) is 0 Å². The molecule has 394 valence electrons. The van der Waals surface area contributed by atoms with E-state index in [-0.39, 0.29) is 42.3 Å². The van der Waals surface area contributed by atoms with Gasteiger partial charge in [0.2, 0.25) is 0 Å². The Labute approximate surface area is 445 Å². The lowest BCUT2D eigenvalue weighted by Crippen LogP contribution is -2.55. The van der Waals surface area contributed by atoms with Crippen molar-refractivity contribution in [3.63, 3.8) is 0 Å². The van der Waals surface area contributed by atoms with Gasteiger partial charge in [-0.3, -0.25) is 28.9 Å². The first kappa shape index (κ1) is 50.1. The Morgan fingerprint density at radius 1 is 0.697 bits per heavy atom. The van der Waals surface area contributed by atoms with Crippen LogP contribution in [0.25, 0.3) is 0 Å². The zero-order valence-corrected chi connectivity index (χ0v) is 44.6. The van der Waals surface area contributed by atoms with E-state index in [9.17, 15) is 14.7 Å². The van der Waals surface area contributed by atoms with Crippen LogP contribution in [0.1, 0.15) is 67.3 Å². The molecule has 17 heteroatoms. The maximum atomic E-state index is 16.0. The molecule has 4 N–H and O–H groups in total. The average molecular weight is 1040 g/mol. The Kier molecular flexibility index (Phi) is 13.0. The summed E-state index contributed by atoms with van der Waals surface area (Å²) in [5, 5.41) is 26.3. The Hall–Kier alpha value is -6.73. The number of ether oxygens (including phenoxy) is 1. The van der Waals surface area contributed by atoms with E-state index in [4.69, 9.17) is 4.74 Å². The maximum Gasteiger partial charge on any atom is 0.264 e. The number of carbonyl (C=O) groups excluding carboxylic acids is 3. The van der Waals surface area contributed by atoms with Crippen molar-refractivity contribution < 1.29 is 29.0 Å². The van der Waals surface area contributed by atoms with Crippen molar-refractivity contribution >= 4 is 54.5 Å². The van der Waals surface area contributed by atoms with Crippen LogP contribution < -0.4 is 35.1 Å². The number of hydrogen-bond donors (Lipinski definition) is 4. The number of rotatable bonds is 13. The summed E-state index contributed by atoms with van der Waals surface area (Å²) >= 11 is 0. The maximum absolute atomic E-state index is 16.0. The number of aliphatic hydroxyl groups is 1. The topological polar surface area (TPSA) is 172 Å². The minimum Gasteiger partial charge on any atom is -0.432 e. The lowest BCUT2D eigenvalue weighted by molar-refractivity contribution is -0.146. The van der Waals surface area contributed by atoms with Gasteiger partial charge in [0.05, 0.1) is 49.9 Å². The number of aliphatic hydroxyl groups excluding tert-OH is 1. The van der Waals surface area contributed by atoms with Crippen molar-refractivity contribution in [1.29, 1.82) is 0 Å². The highest BCUT2D eigenvalue weighted by molar-refractivity contribution is 6.71. The summed E-state index contributed by atoms with van der Waals surface area (Å²) in [5.74, 6) is -0.937. The monoisotopic (exact) mass is 1040 g/mol. The van der Waals surface area contributed by atoms with Crippen LogP contribution in [-0.4, -0.2) is 114 Å². The zero-order chi connectivity index (χ0) is 52.4. The van der Waals surface area contributed by atoms with Crippen molar-refractivity contribution in [3.05, 3.63) is 162 Å². The number of nitrogens with zero attached hydrogens (tertiary/aromatic N) is 8. The fourth-order valence-electron chi connectivity index (χ4n) is 13.9. The second-order valence-electron chi connectivity index (χ2n) is 22.3. The van der Waals surface area contributed by atoms with Gasteiger partial charge in [-0.05, 0) is 137 Å². The molecule has 5 aromatic carbocycles. The Balaban J connectivity index is 0.904. The summed E-state index contributed by atoms with van der Waals surface area (Å²) < 4.78 is 9.17. The Morgan fingerprint density at radius 3 is 1.82 bits per heavy atom. The van der Waals surface area contributed by atoms with E-state index in [0.717, 1.165) is 54.4 Å². The first-order chi connectivity index (χ1) is 36.9. The van der Waals surface area contributed by atoms with E-state index in [1.165, 1.54) is 0 Å². The number of aromatic nitrogens is 3. The van der Waals surface area contributed by atoms with Crippen LogP contribution in [0.2, 0.25) is 18.6 Å². The van der Waals surface area contributed by atoms with Crippen LogP contribution in [0.15, 0.2) is 140 Å². The third kappa shape index (κ3) is 8.25. The molecule has 76 heavy (non-hydrogen) atoms. The second kappa shape index (κ2) is 19.7. The standard InChI is InChI=1S/C59H68N10O6Si/c1-41-53(76(2,3)74)52(24-33-64-37-50(62-63-64)48(38-70)43-15-7-4-8-16-43)75-59(41)49-35-47(67-40-69(45-19-11-6-12-20-45)58(55(67)72)27-31-61-32-28-58)22-23-51(49)65(56(59)73)36-42-14-13-21-46(34-42)66-39-68(44-17-9-5-10-18-44)57(54(66)71)25-29-60-30-26-57/h4-23,34-35,37,41,48,52-53,60-61,70,74H,24-33,36,38-40H2,1-3H3/t41-,48?,52+,53-,59+/m0/s1. The Bertz CT molecular complexity index is 3110. The van der Waals surface area contributed by atoms with Crippen LogP contribution in [0.5, 0.6) is 0 Å². The van der Waals surface area contributed by atoms with Gasteiger partial charge in [0, 0.05) is 52.5 Å². The molecule has 16 nitrogen and oxygen atoms in total. The van der Waals surface area contributed by atoms with Crippen molar-refractivity contribution in [2.45, 2.75) is 99.5 Å². The minimum absolute atomic E-state index is 0.0290. The van der Waals surface area contributed by atoms with E-state index in [1.807, 2.05) is 150 Å². The number of para-hydroxylation sites is 2. The number of carbonyl (C=O) groups is 3. The minimum atomic E-state index is -3.09. The molecule has 1 aromatic heterocycles. The van der Waals surface area contributed by atoms with Crippen molar-refractivity contribution in [2.24, 2.45) is 5.92 Å². The molecule has 0 radical (unpaired) electrons. The molecule has 0 bridgehead atoms. The van der Waals surface area contributed by atoms with Gasteiger partial charge in [-0.2, -0.15) is 0 Å². The van der Waals surface area contributed by atoms with Crippen LogP contribution >= 0.6 is 0 Å². The molecule has 5 atom stereocenters. The molecule has 6 aliphatic heterocycles. The van der Waals surface area contributed by atoms with Crippen LogP contribution in [0, 0.1) is 5.92 Å². The molecule has 5 fully saturated rings. The summed E-state index contributed by atoms with van der Waals surface area (Å²) in [6.07, 6.45) is 4.45. The van der Waals surface area contributed by atoms with Gasteiger partial charge < -0.3 is 40.0 Å². The summed E-state index contributed by atoms with van der Waals surface area (Å²) in [6.45, 7) is 10.0. The molecular formula is C59H68N10O6Si. The van der Waals surface area contributed by atoms with Gasteiger partial charge in [-0.15, -0.1) is 5.10 Å². The summed E-state index contributed by atoms with van der Waals surface area (Å²) in [6, 6.07) is 44.0. The van der Waals surface area contributed by atoms with Crippen LogP contribution in [-0.2, 0) is 37.8 Å². The quantitative estimate of drug-likeness (QED) is 0.0904. The van der Waals surface area contributed by atoms with Gasteiger partial charge in [0.25, 0.3) is 17.7 Å². The van der Waals surface area contributed by atoms with Crippen LogP contribution in [0.3, 0.4) is 0 Å². The fourth-order valence-corrected chi connectivity index (χ4v) is 16.5. The normalized spacial score (nSPS) is 24.5. The molecule has 1 unspecified atom stereocenters. The fraction of sp³-hybridized carbons (Fsp3) is 0.407. The summed E-state index contributed by atoms with van der Waals surface area (Å²) in [4.78, 5) is 68.4. The molecule has 6 aromatic rings. The first-order valence-electron chi connectivity index (χ1n) is 27.1. The summed E-state index contributed by atoms with van der Waals surface area (Å²) in [5.41, 5.74) is 3.94. The van der Waals surface area contributed by atoms with Gasteiger partial charge in [0.15, 0.2) is 13.9 Å². The number of piperidine rings is 2. The predicted octanol–water partition coefficient (Wildman–Crippen LogP) is 6.70. The number of hydrogen-bond acceptors (Lipinski definition) is 12. The molecule has 0 aliphatic carbocycles. The lowest BCUT2D eigenvalue weighted by Gasteiger charge is -2.39. The van der Waals surface area contributed by atoms with Crippen molar-refractivity contribution in [2.75, 3.05) is 70.6 Å². The predicted molar refractivity (Wildman–Crippen MR) is 295 cm³/mol. The highest BCUT2D eigenvalue weighted by Crippen LogP contribution is 2.60. The largest absolute Gasteiger partial charge is 0.432 e. The van der Waals surface area contributed by atoms with Gasteiger partial charge >= 0.3 is 0 Å². The number of benzene rings is 5. The van der Waals surface area contributed by atoms with E-state index in [1.54, 1.807) is 4.68 Å². The second-order valence-corrected chi connectivity index (χ2v) is 26.3. The Morgan fingerprint density at radius 2 is 1.25 bits per heavy atom. The van der Waals surface area contributed by atoms with Gasteiger partial charge in [0.1, 0.15) is 11.1 Å². The highest BCUT2D eigenvalue weighted by Gasteiger charge is 2.66. The zero-order valence-electron chi connectivity index (χ0n) is 43.6. The smallest absolute Gasteiger partial charge is 0.264 e. The molecule has 5 saturated heterocycles. The number of fused-ring (bicyclic) bond motifs is 2. The summed E-state index contributed by atoms with van der Waals surface area (Å²) in [7, 11) is -3.09. The molecular weight excluding hydrogens is 973 g/mol. The number of aryl methyl sites for hydroxylation is 1. The van der Waals surface area contributed by atoms with E-state index in [2.05, 4.69) is 55.0 Å². The van der Waals surface area contributed by atoms with E-state index < -0.39 is 37.0 Å². The lowest BCUT2D eigenvalue weighted by atomic mass is 9.82. The van der Waals surface area contributed by atoms with Gasteiger partial charge in [-0.1, -0.05) is 91.0 Å². The molecule has 3 amide bonds. The van der Waals surface area contributed by atoms with Crippen molar-refractivity contribution in [1.82, 2.24) is 25.6 Å². The number of amides is 3. The van der Waals surface area contributed by atoms with E-state index in [0.29, 0.717) is 74.6 Å². The molecule has 12 rings (SSSR count). The SMILES string of the molecule is C[C@H]1[C@H]([Si](C)(C)O)[C@@H](CCn2cc(C(CO)c3ccccc3)nn2)O[C@]12C(=O)N(Cc1cccc(N3CN(c4ccccc4)C4(CCNCC4)C3=O)c1)c1ccc(N3CN(c4ccccc4)C4(CCNCC4)C3=O)cc12. The van der Waals surface area contributed by atoms with Crippen LogP contribution in [0.4, 0.5) is 28.4 Å². The average Bonchev–Trinajstić information content (AvgIpc) is 4.43. The number of anilines is 5. The molecule has 6 aliphatic rings. The molecule has 3 spiro atoms. The first-order valence-corrected chi connectivity index (χ1v) is 30.1. The highest BCUT2D eigenvalue weighted by atomic mass is 28.4. The third-order valence-corrected chi connectivity index (χ3v) is 20.2. The van der Waals surface area contributed by atoms with Gasteiger partial charge in [-0.25, -0.2) is 0 Å². The number of nitrogens with one attached hydrogen (secondary N) is 2. The third-order valence-electron chi connectivity index (χ3n) is 17.7. The molecule has 0 saturated carbocycles.